The molecule has 0 bridgehead atoms. The lowest BCUT2D eigenvalue weighted by Crippen LogP contribution is -2.27. The van der Waals surface area contributed by atoms with Gasteiger partial charge in [-0.2, -0.15) is 0 Å². The molecule has 244 valence electrons. The van der Waals surface area contributed by atoms with Crippen LogP contribution in [0.15, 0.2) is 101 Å². The summed E-state index contributed by atoms with van der Waals surface area (Å²) in [6, 6.07) is 19.2. The number of benzene rings is 3. The second-order valence-corrected chi connectivity index (χ2v) is 12.0. The number of carbonyl (C=O) groups is 2. The maximum Gasteiger partial charge on any atom is 0.291 e. The van der Waals surface area contributed by atoms with Gasteiger partial charge in [0.2, 0.25) is 0 Å². The first-order chi connectivity index (χ1) is 23.1. The van der Waals surface area contributed by atoms with Gasteiger partial charge in [0, 0.05) is 57.9 Å². The van der Waals surface area contributed by atoms with Crippen molar-refractivity contribution in [2.45, 2.75) is 33.4 Å². The number of aromatic nitrogens is 4. The van der Waals surface area contributed by atoms with Crippen LogP contribution >= 0.6 is 0 Å². The van der Waals surface area contributed by atoms with Gasteiger partial charge in [-0.1, -0.05) is 24.3 Å². The third-order valence-electron chi connectivity index (χ3n) is 8.52. The summed E-state index contributed by atoms with van der Waals surface area (Å²) in [5.74, 6) is -1.14. The number of para-hydroxylation sites is 1. The first-order valence-corrected chi connectivity index (χ1v) is 15.6. The molecule has 2 amide bonds. The number of carbonyl (C=O) groups excluding carboxylic acids is 2. The summed E-state index contributed by atoms with van der Waals surface area (Å²) in [7, 11) is 3.99. The number of hydrogen-bond donors (Lipinski definition) is 2. The van der Waals surface area contributed by atoms with Gasteiger partial charge in [0.1, 0.15) is 5.58 Å². The van der Waals surface area contributed by atoms with Crippen molar-refractivity contribution in [2.24, 2.45) is 14.1 Å². The van der Waals surface area contributed by atoms with Crippen LogP contribution in [-0.4, -0.2) is 42.4 Å². The van der Waals surface area contributed by atoms with Gasteiger partial charge in [-0.25, -0.2) is 9.97 Å². The second kappa shape index (κ2) is 13.9. The molecule has 3 heterocycles. The van der Waals surface area contributed by atoms with Gasteiger partial charge in [0.05, 0.1) is 40.7 Å². The molecule has 0 aliphatic rings. The number of rotatable bonds is 11. The molecular weight excluding hydrogens is 606 g/mol. The Balaban J connectivity index is 1.14. The molecule has 3 aromatic carbocycles. The minimum absolute atomic E-state index is 0.141. The maximum absolute atomic E-state index is 13.5. The largest absolute Gasteiger partial charge is 0.451 e. The lowest BCUT2D eigenvalue weighted by atomic mass is 10.0. The maximum atomic E-state index is 13.5. The highest BCUT2D eigenvalue weighted by molar-refractivity contribution is 6.12. The molecule has 0 fully saturated rings. The number of hydrogen-bond acceptors (Lipinski definition) is 7. The molecule has 0 unspecified atom stereocenters. The number of aryl methyl sites for hydroxylation is 4. The van der Waals surface area contributed by atoms with Gasteiger partial charge in [0.15, 0.2) is 11.2 Å². The molecule has 0 aliphatic heterocycles. The standard InChI is InChI=1S/C37H37N7O4/c1-24-15-31(32(16-25(24)2)41-37(47)35-17-33(45)30-7-5-6-8-34(30)48-35)36(46)40-27-11-9-26(10-12-27)13-14-44(20-28-18-38-22-42(28)3)21-29-19-39-23-43(29)4/h5-12,15-19,22-23H,13-14,20-21H2,1-4H3,(H,40,46)(H,41,47). The number of imidazole rings is 2. The van der Waals surface area contributed by atoms with Crippen LogP contribution in [0.1, 0.15) is 49.0 Å². The van der Waals surface area contributed by atoms with Crippen molar-refractivity contribution in [1.29, 1.82) is 0 Å². The molecule has 11 heteroatoms. The Morgan fingerprint density at radius 2 is 1.46 bits per heavy atom. The second-order valence-electron chi connectivity index (χ2n) is 12.0. The van der Waals surface area contributed by atoms with Gasteiger partial charge >= 0.3 is 0 Å². The molecule has 6 rings (SSSR count). The summed E-state index contributed by atoms with van der Waals surface area (Å²) >= 11 is 0. The smallest absolute Gasteiger partial charge is 0.291 e. The summed E-state index contributed by atoms with van der Waals surface area (Å²) in [4.78, 5) is 50.2. The molecule has 3 aromatic heterocycles. The number of fused-ring (bicyclic) bond motifs is 1. The number of anilines is 2. The average Bonchev–Trinajstić information content (AvgIpc) is 3.68. The Bertz CT molecular complexity index is 2120. The number of nitrogens with one attached hydrogen (secondary N) is 2. The third-order valence-corrected chi connectivity index (χ3v) is 8.52. The van der Waals surface area contributed by atoms with Gasteiger partial charge in [0.25, 0.3) is 11.8 Å². The predicted molar refractivity (Wildman–Crippen MR) is 185 cm³/mol. The lowest BCUT2D eigenvalue weighted by Gasteiger charge is -2.22. The van der Waals surface area contributed by atoms with Crippen molar-refractivity contribution in [3.05, 3.63) is 141 Å². The van der Waals surface area contributed by atoms with E-state index in [1.807, 2.05) is 86.4 Å². The molecule has 0 atom stereocenters. The van der Waals surface area contributed by atoms with Gasteiger partial charge in [-0.05, 0) is 73.4 Å². The summed E-state index contributed by atoms with van der Waals surface area (Å²) in [5, 5.41) is 6.13. The quantitative estimate of drug-likeness (QED) is 0.187. The van der Waals surface area contributed by atoms with E-state index < -0.39 is 5.91 Å². The van der Waals surface area contributed by atoms with Crippen LogP contribution in [0.5, 0.6) is 0 Å². The third kappa shape index (κ3) is 7.26. The average molecular weight is 644 g/mol. The molecule has 48 heavy (non-hydrogen) atoms. The zero-order valence-corrected chi connectivity index (χ0v) is 27.4. The fraction of sp³-hybridized carbons (Fsp3) is 0.216. The molecule has 0 saturated carbocycles. The topological polar surface area (TPSA) is 127 Å². The molecule has 0 saturated heterocycles. The summed E-state index contributed by atoms with van der Waals surface area (Å²) < 4.78 is 9.77. The van der Waals surface area contributed by atoms with Crippen molar-refractivity contribution in [3.8, 4) is 0 Å². The van der Waals surface area contributed by atoms with Crippen LogP contribution in [0.4, 0.5) is 11.4 Å². The monoisotopic (exact) mass is 643 g/mol. The van der Waals surface area contributed by atoms with E-state index in [9.17, 15) is 14.4 Å². The van der Waals surface area contributed by atoms with Crippen LogP contribution in [-0.2, 0) is 33.6 Å². The highest BCUT2D eigenvalue weighted by Crippen LogP contribution is 2.24. The van der Waals surface area contributed by atoms with E-state index in [2.05, 4.69) is 25.5 Å². The minimum Gasteiger partial charge on any atom is -0.451 e. The SMILES string of the molecule is Cc1cc(NC(=O)c2cc(=O)c3ccccc3o2)c(C(=O)Nc2ccc(CCN(Cc3cncn3C)Cc3cncn3C)cc2)cc1C. The molecule has 2 N–H and O–H groups in total. The first kappa shape index (κ1) is 32.1. The molecule has 6 aromatic rings. The minimum atomic E-state index is -0.625. The summed E-state index contributed by atoms with van der Waals surface area (Å²) in [6.45, 7) is 6.11. The first-order valence-electron chi connectivity index (χ1n) is 15.6. The van der Waals surface area contributed by atoms with Gasteiger partial charge in [-0.15, -0.1) is 0 Å². The van der Waals surface area contributed by atoms with E-state index >= 15 is 0 Å². The molecule has 0 spiro atoms. The Kier molecular flexibility index (Phi) is 9.31. The van der Waals surface area contributed by atoms with E-state index in [0.717, 1.165) is 60.2 Å². The van der Waals surface area contributed by atoms with Gasteiger partial charge in [-0.3, -0.25) is 19.3 Å². The zero-order valence-electron chi connectivity index (χ0n) is 27.4. The Morgan fingerprint density at radius 3 is 2.10 bits per heavy atom. The molecule has 0 radical (unpaired) electrons. The van der Waals surface area contributed by atoms with Crippen molar-refractivity contribution >= 4 is 34.2 Å². The molecular formula is C37H37N7O4. The summed E-state index contributed by atoms with van der Waals surface area (Å²) in [6.07, 6.45) is 8.21. The fourth-order valence-corrected chi connectivity index (χ4v) is 5.49. The van der Waals surface area contributed by atoms with Crippen LogP contribution in [0.3, 0.4) is 0 Å². The number of amides is 2. The number of nitrogens with zero attached hydrogens (tertiary/aromatic N) is 5. The molecule has 11 nitrogen and oxygen atoms in total. The summed E-state index contributed by atoms with van der Waals surface area (Å²) in [5.41, 5.74) is 6.39. The van der Waals surface area contributed by atoms with E-state index in [1.54, 1.807) is 36.4 Å². The van der Waals surface area contributed by atoms with Crippen molar-refractivity contribution in [2.75, 3.05) is 17.2 Å². The van der Waals surface area contributed by atoms with Crippen LogP contribution in [0, 0.1) is 13.8 Å². The Hall–Kier alpha value is -5.81. The van der Waals surface area contributed by atoms with Crippen molar-refractivity contribution in [1.82, 2.24) is 24.0 Å². The van der Waals surface area contributed by atoms with Crippen molar-refractivity contribution in [3.63, 3.8) is 0 Å². The molecule has 0 aliphatic carbocycles. The fourth-order valence-electron chi connectivity index (χ4n) is 5.49. The highest BCUT2D eigenvalue weighted by atomic mass is 16.3. The Labute approximate surface area is 277 Å². The van der Waals surface area contributed by atoms with E-state index in [4.69, 9.17) is 4.42 Å². The van der Waals surface area contributed by atoms with Crippen LogP contribution in [0.25, 0.3) is 11.0 Å². The van der Waals surface area contributed by atoms with Crippen molar-refractivity contribution < 1.29 is 14.0 Å². The highest BCUT2D eigenvalue weighted by Gasteiger charge is 2.19. The lowest BCUT2D eigenvalue weighted by molar-refractivity contribution is 0.0997. The Morgan fingerprint density at radius 1 is 0.812 bits per heavy atom. The van der Waals surface area contributed by atoms with Crippen LogP contribution < -0.4 is 16.1 Å². The predicted octanol–water partition coefficient (Wildman–Crippen LogP) is 5.63. The zero-order chi connectivity index (χ0) is 33.8. The van der Waals surface area contributed by atoms with E-state index in [0.29, 0.717) is 27.9 Å². The normalized spacial score (nSPS) is 11.3. The van der Waals surface area contributed by atoms with Crippen LogP contribution in [0.2, 0.25) is 0 Å². The van der Waals surface area contributed by atoms with Gasteiger partial charge < -0.3 is 24.2 Å². The van der Waals surface area contributed by atoms with E-state index in [1.165, 1.54) is 0 Å². The van der Waals surface area contributed by atoms with E-state index in [-0.39, 0.29) is 17.1 Å².